The Bertz CT molecular complexity index is 4590. The second-order valence-corrected chi connectivity index (χ2v) is 26.8. The molecule has 0 bridgehead atoms. The second kappa shape index (κ2) is 35.5. The molecule has 2 aliphatic rings. The number of pyridine rings is 3. The van der Waals surface area contributed by atoms with Gasteiger partial charge in [-0.3, -0.25) is 14.4 Å². The molecule has 516 valence electrons. The van der Waals surface area contributed by atoms with Gasteiger partial charge in [0.25, 0.3) is 0 Å². The van der Waals surface area contributed by atoms with E-state index in [4.69, 9.17) is 24.7 Å². The first-order chi connectivity index (χ1) is 48.1. The summed E-state index contributed by atoms with van der Waals surface area (Å²) >= 11 is 6.81. The van der Waals surface area contributed by atoms with Crippen LogP contribution >= 0.6 is 31.9 Å². The fraction of sp³-hybridized carbons (Fsp3) is 0.313. The molecule has 11 aromatic rings. The van der Waals surface area contributed by atoms with Crippen molar-refractivity contribution in [3.63, 3.8) is 0 Å². The largest absolute Gasteiger partial charge is 0.487 e. The van der Waals surface area contributed by atoms with Gasteiger partial charge in [-0.2, -0.15) is 0 Å². The van der Waals surface area contributed by atoms with Gasteiger partial charge in [0.05, 0.1) is 41.0 Å². The first-order valence-corrected chi connectivity index (χ1v) is 36.7. The Kier molecular flexibility index (Phi) is 26.3. The maximum Gasteiger partial charge on any atom is 0.248 e. The van der Waals surface area contributed by atoms with Gasteiger partial charge in [-0.1, -0.05) is 193 Å². The maximum absolute atomic E-state index is 12.1. The minimum Gasteiger partial charge on any atom is -0.487 e. The Balaban J connectivity index is 0.000000150. The van der Waals surface area contributed by atoms with Crippen LogP contribution in [0.1, 0.15) is 138 Å². The van der Waals surface area contributed by atoms with E-state index in [1.165, 1.54) is 62.7 Å². The first kappa shape index (κ1) is 73.3. The number of aliphatic hydroxyl groups is 2. The topological polar surface area (TPSA) is 214 Å². The van der Waals surface area contributed by atoms with E-state index < -0.39 is 12.2 Å². The van der Waals surface area contributed by atoms with Crippen molar-refractivity contribution in [2.45, 2.75) is 149 Å². The van der Waals surface area contributed by atoms with Crippen molar-refractivity contribution >= 4 is 64.6 Å². The van der Waals surface area contributed by atoms with E-state index in [-0.39, 0.29) is 28.9 Å². The van der Waals surface area contributed by atoms with Gasteiger partial charge in [0, 0.05) is 63.6 Å². The van der Waals surface area contributed by atoms with Crippen LogP contribution in [0.2, 0.25) is 0 Å². The molecule has 16 heteroatoms. The lowest BCUT2D eigenvalue weighted by atomic mass is 9.97. The van der Waals surface area contributed by atoms with Gasteiger partial charge in [0.1, 0.15) is 37.1 Å². The van der Waals surface area contributed by atoms with E-state index in [1.54, 1.807) is 18.2 Å². The lowest BCUT2D eigenvalue weighted by molar-refractivity contribution is 0.0222. The number of nitrogens with one attached hydrogen (secondary N) is 4. The van der Waals surface area contributed by atoms with Crippen LogP contribution in [0.4, 0.5) is 0 Å². The minimum absolute atomic E-state index is 0.101. The lowest BCUT2D eigenvalue weighted by Gasteiger charge is -2.21. The molecule has 8 aromatic carbocycles. The highest BCUT2D eigenvalue weighted by molar-refractivity contribution is 9.09. The van der Waals surface area contributed by atoms with Crippen LogP contribution in [0.5, 0.6) is 17.2 Å². The number of ether oxygens (including phenoxy) is 4. The molecular weight excluding hydrogens is 1370 g/mol. The molecule has 0 saturated carbocycles. The van der Waals surface area contributed by atoms with Gasteiger partial charge >= 0.3 is 0 Å². The zero-order valence-corrected chi connectivity index (χ0v) is 60.5. The van der Waals surface area contributed by atoms with Crippen molar-refractivity contribution in [3.8, 4) is 17.2 Å². The number of hydrogen-bond donors (Lipinski definition) is 7. The fourth-order valence-corrected chi connectivity index (χ4v) is 14.1. The third-order valence-corrected chi connectivity index (χ3v) is 19.4. The Morgan fingerprint density at radius 2 is 0.798 bits per heavy atom. The second-order valence-electron chi connectivity index (χ2n) is 25.5. The quantitative estimate of drug-likeness (QED) is 0.0299. The molecule has 0 amide bonds. The van der Waals surface area contributed by atoms with E-state index in [0.29, 0.717) is 82.9 Å². The number of aromatic nitrogens is 3. The van der Waals surface area contributed by atoms with Crippen molar-refractivity contribution in [2.24, 2.45) is 5.73 Å². The van der Waals surface area contributed by atoms with Crippen molar-refractivity contribution < 1.29 is 29.2 Å². The van der Waals surface area contributed by atoms with Gasteiger partial charge in [0.15, 0.2) is 0 Å². The van der Waals surface area contributed by atoms with Crippen molar-refractivity contribution in [2.75, 3.05) is 17.2 Å². The number of aromatic amines is 3. The summed E-state index contributed by atoms with van der Waals surface area (Å²) in [6.07, 6.45) is 7.18. The number of halogens is 2. The molecule has 8 N–H and O–H groups in total. The van der Waals surface area contributed by atoms with Gasteiger partial charge < -0.3 is 55.2 Å². The number of aryl methyl sites for hydroxylation is 4. The van der Waals surface area contributed by atoms with Crippen molar-refractivity contribution in [1.29, 1.82) is 0 Å². The molecule has 0 saturated heterocycles. The average molecular weight is 1460 g/mol. The predicted molar refractivity (Wildman–Crippen MR) is 407 cm³/mol. The third kappa shape index (κ3) is 19.1. The summed E-state index contributed by atoms with van der Waals surface area (Å²) in [7, 11) is 0. The zero-order valence-electron chi connectivity index (χ0n) is 57.3. The molecule has 14 nitrogen and oxygen atoms in total. The van der Waals surface area contributed by atoms with Gasteiger partial charge in [-0.05, 0) is 180 Å². The van der Waals surface area contributed by atoms with Gasteiger partial charge in [-0.15, -0.1) is 0 Å². The van der Waals surface area contributed by atoms with E-state index in [2.05, 4.69) is 104 Å². The number of H-pyrrole nitrogens is 3. The molecule has 99 heavy (non-hydrogen) atoms. The van der Waals surface area contributed by atoms with Crippen LogP contribution in [0.25, 0.3) is 32.7 Å². The molecule has 0 spiro atoms. The fourth-order valence-electron chi connectivity index (χ4n) is 13.2. The van der Waals surface area contributed by atoms with Crippen LogP contribution in [-0.4, -0.2) is 60.6 Å². The summed E-state index contributed by atoms with van der Waals surface area (Å²) in [5.74, 6) is 1.84. The summed E-state index contributed by atoms with van der Waals surface area (Å²) in [6.45, 7) is 14.6. The molecule has 0 aliphatic heterocycles. The Morgan fingerprint density at radius 1 is 0.455 bits per heavy atom. The molecular formula is C83H91Br2N5O9. The molecule has 3 aromatic heterocycles. The molecule has 3 atom stereocenters. The van der Waals surface area contributed by atoms with E-state index in [0.717, 1.165) is 101 Å². The van der Waals surface area contributed by atoms with Crippen LogP contribution in [0.15, 0.2) is 202 Å². The van der Waals surface area contributed by atoms with Gasteiger partial charge in [0.2, 0.25) is 16.7 Å². The Hall–Kier alpha value is -8.45. The summed E-state index contributed by atoms with van der Waals surface area (Å²) in [5.41, 5.74) is 24.8. The highest BCUT2D eigenvalue weighted by Gasteiger charge is 2.26. The predicted octanol–water partition coefficient (Wildman–Crippen LogP) is 15.8. The standard InChI is InChI=1S/C31H34N2O3.C21H22BrNO3.C18H16BrNO3.C13H19N/c1-3-21-14-23-16-25(17-24(23)15-22(21)4-2)32-18-28(34)26-10-12-29(31-27(26)11-13-30(35)33-31)36-19-20-8-6-5-7-9-20;1-14(2)26-19(12-22)16-8-10-18(21-17(16)9-11-20(24)23-21)25-13-15-6-4-3-5-7-15;19-10-15(21)13-6-8-16(18-14(13)7-9-17(22)20-18)23-11-12-4-2-1-3-5-12;1-3-9-5-11-7-13(14)8-12(11)6-10(9)4-2/h5-15,25,28,32,34H,3-4,16-19H2,1-2H3,(H,33,35);3-11,14,19H,12-13H2,1-2H3,(H,23,24);1-9,15,21H,10-11H2,(H,20,22);5-6,13H,3-4,7-8,14H2,1-2H3/t28-;19-;15-;/m000./s1. The molecule has 0 fully saturated rings. The van der Waals surface area contributed by atoms with E-state index in [1.807, 2.05) is 141 Å². The first-order valence-electron chi connectivity index (χ1n) is 34.4. The number of nitrogens with two attached hydrogens (primary N) is 1. The molecule has 0 radical (unpaired) electrons. The third-order valence-electron chi connectivity index (χ3n) is 18.2. The SMILES string of the molecule is CC(C)O[C@@H](CBr)c1ccc(OCc2ccccc2)c2[nH]c(=O)ccc12.CCc1cc2c(cc1CC)CC(N)C2.CCc1cc2c(cc1CC)CC(NC[C@H](O)c1ccc(OCc3ccccc3)c3[nH]c(=O)ccc13)C2.O=c1ccc2c([C@@H](O)CBr)ccc(OCc3ccccc3)c2[nH]1. The number of hydrogen-bond acceptors (Lipinski definition) is 11. The van der Waals surface area contributed by atoms with Crippen molar-refractivity contribution in [1.82, 2.24) is 20.3 Å². The number of rotatable bonds is 23. The summed E-state index contributed by atoms with van der Waals surface area (Å²) in [4.78, 5) is 44.3. The molecule has 3 heterocycles. The highest BCUT2D eigenvalue weighted by atomic mass is 79.9. The lowest BCUT2D eigenvalue weighted by Crippen LogP contribution is -2.33. The van der Waals surface area contributed by atoms with Crippen LogP contribution in [-0.2, 0) is 75.9 Å². The Labute approximate surface area is 596 Å². The monoisotopic (exact) mass is 1460 g/mol. The van der Waals surface area contributed by atoms with Crippen LogP contribution in [0, 0.1) is 0 Å². The average Bonchev–Trinajstić information content (AvgIpc) is 1.81. The minimum atomic E-state index is -0.706. The number of alkyl halides is 2. The van der Waals surface area contributed by atoms with E-state index >= 15 is 0 Å². The molecule has 13 rings (SSSR count). The highest BCUT2D eigenvalue weighted by Crippen LogP contribution is 2.36. The normalized spacial score (nSPS) is 13.5. The molecule has 0 unspecified atom stereocenters. The zero-order chi connectivity index (χ0) is 70.0. The van der Waals surface area contributed by atoms with Crippen LogP contribution in [0.3, 0.4) is 0 Å². The summed E-state index contributed by atoms with van der Waals surface area (Å²) in [5, 5.41) is 28.4. The number of aliphatic hydroxyl groups excluding tert-OH is 2. The van der Waals surface area contributed by atoms with Crippen LogP contribution < -0.4 is 41.9 Å². The Morgan fingerprint density at radius 3 is 1.14 bits per heavy atom. The smallest absolute Gasteiger partial charge is 0.248 e. The summed E-state index contributed by atoms with van der Waals surface area (Å²) < 4.78 is 23.9. The maximum atomic E-state index is 12.1. The van der Waals surface area contributed by atoms with Crippen molar-refractivity contribution in [3.05, 3.63) is 297 Å². The number of fused-ring (bicyclic) bond motifs is 5. The van der Waals surface area contributed by atoms with E-state index in [9.17, 15) is 24.6 Å². The molecule has 2 aliphatic carbocycles. The van der Waals surface area contributed by atoms with Gasteiger partial charge in [-0.25, -0.2) is 0 Å². The summed E-state index contributed by atoms with van der Waals surface area (Å²) in [6, 6.07) is 60.9. The number of benzene rings is 8.